The standard InChI is InChI=1S/C15H13BrClN3/c1-2-20-14-8-10(17)4-6-13(14)19-15(20)11-7-9(16)3-5-12(11)18/h3-8H,2,18H2,1H3. The molecule has 0 radical (unpaired) electrons. The molecule has 0 aliphatic rings. The van der Waals surface area contributed by atoms with Crippen molar-refractivity contribution in [3.05, 3.63) is 45.9 Å². The minimum Gasteiger partial charge on any atom is -0.398 e. The van der Waals surface area contributed by atoms with E-state index in [-0.39, 0.29) is 0 Å². The molecule has 0 aliphatic carbocycles. The molecule has 0 spiro atoms. The van der Waals surface area contributed by atoms with Gasteiger partial charge in [0, 0.05) is 27.3 Å². The van der Waals surface area contributed by atoms with Crippen LogP contribution in [0.25, 0.3) is 22.4 Å². The summed E-state index contributed by atoms with van der Waals surface area (Å²) in [6, 6.07) is 11.5. The van der Waals surface area contributed by atoms with Gasteiger partial charge in [-0.1, -0.05) is 27.5 Å². The monoisotopic (exact) mass is 349 g/mol. The predicted octanol–water partition coefficient (Wildman–Crippen LogP) is 4.72. The third-order valence-electron chi connectivity index (χ3n) is 3.28. The summed E-state index contributed by atoms with van der Waals surface area (Å²) >= 11 is 9.57. The smallest absolute Gasteiger partial charge is 0.143 e. The van der Waals surface area contributed by atoms with Gasteiger partial charge in [-0.3, -0.25) is 0 Å². The average Bonchev–Trinajstić information content (AvgIpc) is 2.79. The summed E-state index contributed by atoms with van der Waals surface area (Å²) in [6.07, 6.45) is 0. The molecule has 0 aliphatic heterocycles. The molecule has 1 heterocycles. The second-order valence-corrected chi connectivity index (χ2v) is 5.90. The number of anilines is 1. The topological polar surface area (TPSA) is 43.8 Å². The maximum Gasteiger partial charge on any atom is 0.143 e. The van der Waals surface area contributed by atoms with E-state index in [1.807, 2.05) is 36.4 Å². The number of rotatable bonds is 2. The first-order chi connectivity index (χ1) is 9.60. The maximum atomic E-state index is 6.10. The summed E-state index contributed by atoms with van der Waals surface area (Å²) in [5, 5.41) is 0.709. The minimum absolute atomic E-state index is 0.709. The van der Waals surface area contributed by atoms with E-state index in [0.717, 1.165) is 33.4 Å². The lowest BCUT2D eigenvalue weighted by Gasteiger charge is -2.09. The molecule has 0 fully saturated rings. The molecule has 3 nitrogen and oxygen atoms in total. The van der Waals surface area contributed by atoms with E-state index in [1.54, 1.807) is 0 Å². The lowest BCUT2D eigenvalue weighted by molar-refractivity contribution is 0.796. The number of hydrogen-bond donors (Lipinski definition) is 1. The van der Waals surface area contributed by atoms with Crippen molar-refractivity contribution < 1.29 is 0 Å². The Labute approximate surface area is 130 Å². The molecule has 1 aromatic heterocycles. The van der Waals surface area contributed by atoms with Crippen LogP contribution in [-0.4, -0.2) is 9.55 Å². The Balaban J connectivity index is 2.33. The van der Waals surface area contributed by atoms with Crippen molar-refractivity contribution in [2.45, 2.75) is 13.5 Å². The van der Waals surface area contributed by atoms with Gasteiger partial charge in [-0.25, -0.2) is 4.98 Å². The maximum absolute atomic E-state index is 6.10. The zero-order valence-corrected chi connectivity index (χ0v) is 13.2. The van der Waals surface area contributed by atoms with Gasteiger partial charge in [0.2, 0.25) is 0 Å². The average molecular weight is 351 g/mol. The third kappa shape index (κ3) is 2.19. The highest BCUT2D eigenvalue weighted by Gasteiger charge is 2.14. The van der Waals surface area contributed by atoms with Crippen LogP contribution in [0.3, 0.4) is 0 Å². The van der Waals surface area contributed by atoms with Crippen LogP contribution in [0.1, 0.15) is 6.92 Å². The van der Waals surface area contributed by atoms with E-state index < -0.39 is 0 Å². The van der Waals surface area contributed by atoms with Crippen LogP contribution in [-0.2, 0) is 6.54 Å². The van der Waals surface area contributed by atoms with Crippen LogP contribution in [0, 0.1) is 0 Å². The normalized spacial score (nSPS) is 11.2. The Kier molecular flexibility index (Phi) is 3.44. The predicted molar refractivity (Wildman–Crippen MR) is 88.0 cm³/mol. The molecule has 0 amide bonds. The van der Waals surface area contributed by atoms with E-state index in [4.69, 9.17) is 22.3 Å². The van der Waals surface area contributed by atoms with Crippen molar-refractivity contribution in [1.29, 1.82) is 0 Å². The van der Waals surface area contributed by atoms with Crippen molar-refractivity contribution in [2.24, 2.45) is 0 Å². The van der Waals surface area contributed by atoms with Crippen molar-refractivity contribution >= 4 is 44.3 Å². The van der Waals surface area contributed by atoms with Crippen LogP contribution in [0.15, 0.2) is 40.9 Å². The SMILES string of the molecule is CCn1c(-c2cc(Br)ccc2N)nc2ccc(Cl)cc21. The Bertz CT molecular complexity index is 795. The van der Waals surface area contributed by atoms with Gasteiger partial charge in [0.15, 0.2) is 0 Å². The molecule has 2 N–H and O–H groups in total. The van der Waals surface area contributed by atoms with Crippen LogP contribution in [0.5, 0.6) is 0 Å². The Morgan fingerprint density at radius 2 is 2.05 bits per heavy atom. The van der Waals surface area contributed by atoms with Gasteiger partial charge >= 0.3 is 0 Å². The van der Waals surface area contributed by atoms with Crippen molar-refractivity contribution in [3.8, 4) is 11.4 Å². The summed E-state index contributed by atoms with van der Waals surface area (Å²) in [7, 11) is 0. The van der Waals surface area contributed by atoms with Crippen LogP contribution >= 0.6 is 27.5 Å². The Hall–Kier alpha value is -1.52. The number of nitrogens with zero attached hydrogens (tertiary/aromatic N) is 2. The second-order valence-electron chi connectivity index (χ2n) is 4.54. The largest absolute Gasteiger partial charge is 0.398 e. The van der Waals surface area contributed by atoms with E-state index in [1.165, 1.54) is 0 Å². The molecule has 20 heavy (non-hydrogen) atoms. The summed E-state index contributed by atoms with van der Waals surface area (Å²) < 4.78 is 3.11. The number of fused-ring (bicyclic) bond motifs is 1. The van der Waals surface area contributed by atoms with Gasteiger partial charge in [-0.2, -0.15) is 0 Å². The summed E-state index contributed by atoms with van der Waals surface area (Å²) in [6.45, 7) is 2.89. The Morgan fingerprint density at radius 1 is 1.25 bits per heavy atom. The number of nitrogen functional groups attached to an aromatic ring is 1. The number of benzene rings is 2. The first-order valence-corrected chi connectivity index (χ1v) is 7.48. The van der Waals surface area contributed by atoms with Gasteiger partial charge in [-0.05, 0) is 43.3 Å². The fourth-order valence-electron chi connectivity index (χ4n) is 2.34. The van der Waals surface area contributed by atoms with Gasteiger partial charge < -0.3 is 10.3 Å². The highest BCUT2D eigenvalue weighted by Crippen LogP contribution is 2.32. The molecule has 102 valence electrons. The Morgan fingerprint density at radius 3 is 2.80 bits per heavy atom. The number of aryl methyl sites for hydroxylation is 1. The highest BCUT2D eigenvalue weighted by molar-refractivity contribution is 9.10. The molecule has 3 aromatic rings. The lowest BCUT2D eigenvalue weighted by Crippen LogP contribution is -2.00. The number of nitrogens with two attached hydrogens (primary N) is 1. The van der Waals surface area contributed by atoms with E-state index in [9.17, 15) is 0 Å². The van der Waals surface area contributed by atoms with Crippen LogP contribution in [0.2, 0.25) is 5.02 Å². The fourth-order valence-corrected chi connectivity index (χ4v) is 2.87. The van der Waals surface area contributed by atoms with Crippen LogP contribution < -0.4 is 5.73 Å². The molecule has 3 rings (SSSR count). The zero-order chi connectivity index (χ0) is 14.3. The molecule has 0 unspecified atom stereocenters. The first-order valence-electron chi connectivity index (χ1n) is 6.31. The zero-order valence-electron chi connectivity index (χ0n) is 10.9. The molecule has 5 heteroatoms. The fraction of sp³-hybridized carbons (Fsp3) is 0.133. The molecule has 0 saturated carbocycles. The molecule has 0 atom stereocenters. The number of aromatic nitrogens is 2. The number of halogens is 2. The summed E-state index contributed by atoms with van der Waals surface area (Å²) in [4.78, 5) is 4.70. The second kappa shape index (κ2) is 5.11. The lowest BCUT2D eigenvalue weighted by atomic mass is 10.1. The summed E-state index contributed by atoms with van der Waals surface area (Å²) in [5.41, 5.74) is 9.68. The third-order valence-corrected chi connectivity index (χ3v) is 4.01. The van der Waals surface area contributed by atoms with Crippen molar-refractivity contribution in [1.82, 2.24) is 9.55 Å². The van der Waals surface area contributed by atoms with E-state index in [0.29, 0.717) is 10.7 Å². The number of hydrogen-bond acceptors (Lipinski definition) is 2. The molecular formula is C15H13BrClN3. The van der Waals surface area contributed by atoms with Gasteiger partial charge in [0.25, 0.3) is 0 Å². The van der Waals surface area contributed by atoms with Gasteiger partial charge in [0.05, 0.1) is 11.0 Å². The number of imidazole rings is 1. The molecule has 0 saturated heterocycles. The molecule has 2 aromatic carbocycles. The van der Waals surface area contributed by atoms with Crippen molar-refractivity contribution in [3.63, 3.8) is 0 Å². The van der Waals surface area contributed by atoms with E-state index >= 15 is 0 Å². The van der Waals surface area contributed by atoms with E-state index in [2.05, 4.69) is 27.4 Å². The highest BCUT2D eigenvalue weighted by atomic mass is 79.9. The molecular weight excluding hydrogens is 338 g/mol. The van der Waals surface area contributed by atoms with Gasteiger partial charge in [0.1, 0.15) is 5.82 Å². The first kappa shape index (κ1) is 13.5. The minimum atomic E-state index is 0.709. The van der Waals surface area contributed by atoms with Crippen LogP contribution in [0.4, 0.5) is 5.69 Å². The molecule has 0 bridgehead atoms. The summed E-state index contributed by atoms with van der Waals surface area (Å²) in [5.74, 6) is 0.864. The van der Waals surface area contributed by atoms with Gasteiger partial charge in [-0.15, -0.1) is 0 Å². The van der Waals surface area contributed by atoms with Crippen molar-refractivity contribution in [2.75, 3.05) is 5.73 Å². The quantitative estimate of drug-likeness (QED) is 0.680.